The standard InChI is InChI=1S/C22H21ClN2O3S/c1-16-12-13-18(23)15-20(16)24-22(26)21(14-17-8-4-2-5-9-17)25-29(27,28)19-10-6-3-7-11-19/h2-13,15,21,25H,14H2,1H3,(H,24,26)/t21-/m0/s1. The number of anilines is 1. The zero-order valence-electron chi connectivity index (χ0n) is 15.8. The highest BCUT2D eigenvalue weighted by Gasteiger charge is 2.26. The molecule has 0 saturated heterocycles. The fraction of sp³-hybridized carbons (Fsp3) is 0.136. The topological polar surface area (TPSA) is 75.3 Å². The number of carbonyl (C=O) groups excluding carboxylic acids is 1. The molecule has 0 spiro atoms. The summed E-state index contributed by atoms with van der Waals surface area (Å²) in [6, 6.07) is 21.4. The SMILES string of the molecule is Cc1ccc(Cl)cc1NC(=O)[C@H](Cc1ccccc1)NS(=O)(=O)c1ccccc1. The zero-order chi connectivity index (χ0) is 20.9. The van der Waals surface area contributed by atoms with E-state index in [1.165, 1.54) is 12.1 Å². The van der Waals surface area contributed by atoms with Crippen LogP contribution in [0.15, 0.2) is 83.8 Å². The van der Waals surface area contributed by atoms with Crippen LogP contribution in [-0.4, -0.2) is 20.4 Å². The zero-order valence-corrected chi connectivity index (χ0v) is 17.4. The molecule has 7 heteroatoms. The van der Waals surface area contributed by atoms with Crippen LogP contribution in [0, 0.1) is 6.92 Å². The molecular weight excluding hydrogens is 408 g/mol. The summed E-state index contributed by atoms with van der Waals surface area (Å²) in [5.74, 6) is -0.460. The number of aryl methyl sites for hydroxylation is 1. The molecule has 1 amide bonds. The molecule has 2 N–H and O–H groups in total. The molecular formula is C22H21ClN2O3S. The first-order valence-electron chi connectivity index (χ1n) is 9.03. The van der Waals surface area contributed by atoms with Crippen molar-refractivity contribution in [1.82, 2.24) is 4.72 Å². The Labute approximate surface area is 175 Å². The van der Waals surface area contributed by atoms with Crippen molar-refractivity contribution in [2.75, 3.05) is 5.32 Å². The van der Waals surface area contributed by atoms with Gasteiger partial charge in [-0.15, -0.1) is 0 Å². The molecule has 29 heavy (non-hydrogen) atoms. The molecule has 3 aromatic carbocycles. The Morgan fingerprint density at radius 3 is 2.24 bits per heavy atom. The summed E-state index contributed by atoms with van der Waals surface area (Å²) in [6.45, 7) is 1.84. The van der Waals surface area contributed by atoms with Crippen LogP contribution in [0.3, 0.4) is 0 Å². The minimum Gasteiger partial charge on any atom is -0.324 e. The van der Waals surface area contributed by atoms with Gasteiger partial charge in [-0.1, -0.05) is 66.2 Å². The number of amides is 1. The van der Waals surface area contributed by atoms with E-state index in [4.69, 9.17) is 11.6 Å². The maximum atomic E-state index is 13.0. The number of benzene rings is 3. The maximum Gasteiger partial charge on any atom is 0.242 e. The van der Waals surface area contributed by atoms with Gasteiger partial charge in [-0.25, -0.2) is 8.42 Å². The molecule has 150 valence electrons. The van der Waals surface area contributed by atoms with E-state index in [-0.39, 0.29) is 11.3 Å². The normalized spacial score (nSPS) is 12.3. The van der Waals surface area contributed by atoms with Gasteiger partial charge in [-0.2, -0.15) is 4.72 Å². The van der Waals surface area contributed by atoms with Gasteiger partial charge in [0, 0.05) is 10.7 Å². The monoisotopic (exact) mass is 428 g/mol. The van der Waals surface area contributed by atoms with Crippen molar-refractivity contribution in [3.05, 3.63) is 95.0 Å². The number of hydrogen-bond donors (Lipinski definition) is 2. The van der Waals surface area contributed by atoms with Gasteiger partial charge in [0.1, 0.15) is 6.04 Å². The summed E-state index contributed by atoms with van der Waals surface area (Å²) in [5.41, 5.74) is 2.21. The highest BCUT2D eigenvalue weighted by Crippen LogP contribution is 2.21. The Balaban J connectivity index is 1.88. The lowest BCUT2D eigenvalue weighted by atomic mass is 10.1. The predicted molar refractivity (Wildman–Crippen MR) is 116 cm³/mol. The first-order valence-corrected chi connectivity index (χ1v) is 10.9. The second-order valence-electron chi connectivity index (χ2n) is 6.63. The van der Waals surface area contributed by atoms with E-state index < -0.39 is 22.0 Å². The van der Waals surface area contributed by atoms with E-state index in [1.54, 1.807) is 36.4 Å². The Kier molecular flexibility index (Phi) is 6.69. The van der Waals surface area contributed by atoms with Crippen LogP contribution in [0.5, 0.6) is 0 Å². The summed E-state index contributed by atoms with van der Waals surface area (Å²) in [6.07, 6.45) is 0.207. The summed E-state index contributed by atoms with van der Waals surface area (Å²) < 4.78 is 28.1. The molecule has 0 unspecified atom stereocenters. The third kappa shape index (κ3) is 5.67. The molecule has 0 aromatic heterocycles. The second kappa shape index (κ2) is 9.22. The van der Waals surface area contributed by atoms with Gasteiger partial charge in [-0.05, 0) is 48.7 Å². The van der Waals surface area contributed by atoms with Crippen LogP contribution in [0.25, 0.3) is 0 Å². The Morgan fingerprint density at radius 1 is 0.966 bits per heavy atom. The average Bonchev–Trinajstić information content (AvgIpc) is 2.71. The van der Waals surface area contributed by atoms with Gasteiger partial charge >= 0.3 is 0 Å². The lowest BCUT2D eigenvalue weighted by Crippen LogP contribution is -2.45. The summed E-state index contributed by atoms with van der Waals surface area (Å²) in [5, 5.41) is 3.28. The van der Waals surface area contributed by atoms with Crippen molar-refractivity contribution in [3.8, 4) is 0 Å². The summed E-state index contributed by atoms with van der Waals surface area (Å²) in [7, 11) is -3.87. The third-order valence-corrected chi connectivity index (χ3v) is 6.13. The number of sulfonamides is 1. The van der Waals surface area contributed by atoms with E-state index >= 15 is 0 Å². The molecule has 0 saturated carbocycles. The molecule has 1 atom stereocenters. The molecule has 0 heterocycles. The molecule has 3 rings (SSSR count). The fourth-order valence-electron chi connectivity index (χ4n) is 2.84. The van der Waals surface area contributed by atoms with Gasteiger partial charge in [0.2, 0.25) is 15.9 Å². The lowest BCUT2D eigenvalue weighted by molar-refractivity contribution is -0.117. The molecule has 3 aromatic rings. The Morgan fingerprint density at radius 2 is 1.59 bits per heavy atom. The minimum atomic E-state index is -3.87. The second-order valence-corrected chi connectivity index (χ2v) is 8.78. The van der Waals surface area contributed by atoms with Crippen LogP contribution >= 0.6 is 11.6 Å². The van der Waals surface area contributed by atoms with E-state index in [0.717, 1.165) is 11.1 Å². The van der Waals surface area contributed by atoms with Gasteiger partial charge in [0.05, 0.1) is 4.90 Å². The Hall–Kier alpha value is -2.67. The maximum absolute atomic E-state index is 13.0. The van der Waals surface area contributed by atoms with E-state index in [1.807, 2.05) is 37.3 Å². The average molecular weight is 429 g/mol. The largest absolute Gasteiger partial charge is 0.324 e. The third-order valence-electron chi connectivity index (χ3n) is 4.41. The van der Waals surface area contributed by atoms with Crippen molar-refractivity contribution in [2.24, 2.45) is 0 Å². The van der Waals surface area contributed by atoms with Crippen molar-refractivity contribution < 1.29 is 13.2 Å². The molecule has 0 aliphatic rings. The number of nitrogens with one attached hydrogen (secondary N) is 2. The van der Waals surface area contributed by atoms with Crippen molar-refractivity contribution >= 4 is 33.2 Å². The van der Waals surface area contributed by atoms with Crippen LogP contribution in [0.2, 0.25) is 5.02 Å². The van der Waals surface area contributed by atoms with E-state index in [9.17, 15) is 13.2 Å². The summed E-state index contributed by atoms with van der Waals surface area (Å²) in [4.78, 5) is 13.1. The number of rotatable bonds is 7. The fourth-order valence-corrected chi connectivity index (χ4v) is 4.23. The Bertz CT molecular complexity index is 1090. The molecule has 5 nitrogen and oxygen atoms in total. The van der Waals surface area contributed by atoms with Crippen molar-refractivity contribution in [3.63, 3.8) is 0 Å². The first-order chi connectivity index (χ1) is 13.8. The highest BCUT2D eigenvalue weighted by molar-refractivity contribution is 7.89. The molecule has 0 fully saturated rings. The summed E-state index contributed by atoms with van der Waals surface area (Å²) >= 11 is 6.03. The molecule has 0 aliphatic heterocycles. The number of halogens is 1. The quantitative estimate of drug-likeness (QED) is 0.592. The van der Waals surface area contributed by atoms with Gasteiger partial charge < -0.3 is 5.32 Å². The number of hydrogen-bond acceptors (Lipinski definition) is 3. The minimum absolute atomic E-state index is 0.102. The smallest absolute Gasteiger partial charge is 0.242 e. The van der Waals surface area contributed by atoms with Crippen molar-refractivity contribution in [1.29, 1.82) is 0 Å². The van der Waals surface area contributed by atoms with Gasteiger partial charge in [0.15, 0.2) is 0 Å². The predicted octanol–water partition coefficient (Wildman–Crippen LogP) is 4.18. The van der Waals surface area contributed by atoms with E-state index in [2.05, 4.69) is 10.0 Å². The van der Waals surface area contributed by atoms with Crippen LogP contribution in [0.4, 0.5) is 5.69 Å². The lowest BCUT2D eigenvalue weighted by Gasteiger charge is -2.19. The number of carbonyl (C=O) groups is 1. The van der Waals surface area contributed by atoms with E-state index in [0.29, 0.717) is 10.7 Å². The first kappa shape index (κ1) is 21.0. The van der Waals surface area contributed by atoms with Crippen LogP contribution < -0.4 is 10.0 Å². The van der Waals surface area contributed by atoms with Crippen LogP contribution in [-0.2, 0) is 21.2 Å². The van der Waals surface area contributed by atoms with Gasteiger partial charge in [0.25, 0.3) is 0 Å². The van der Waals surface area contributed by atoms with Gasteiger partial charge in [-0.3, -0.25) is 4.79 Å². The highest BCUT2D eigenvalue weighted by atomic mass is 35.5. The van der Waals surface area contributed by atoms with Crippen molar-refractivity contribution in [2.45, 2.75) is 24.3 Å². The molecule has 0 bridgehead atoms. The molecule has 0 radical (unpaired) electrons. The molecule has 0 aliphatic carbocycles. The van der Waals surface area contributed by atoms with Crippen LogP contribution in [0.1, 0.15) is 11.1 Å².